The highest BCUT2D eigenvalue weighted by Gasteiger charge is 2.56. The van der Waals surface area contributed by atoms with E-state index in [1.807, 2.05) is 57.3 Å². The first-order chi connectivity index (χ1) is 23.7. The molecule has 3 aromatic rings. The summed E-state index contributed by atoms with van der Waals surface area (Å²) in [5.74, 6) is 0.712. The molecule has 256 valence electrons. The highest BCUT2D eigenvalue weighted by molar-refractivity contribution is 6.26. The van der Waals surface area contributed by atoms with Crippen molar-refractivity contribution in [1.82, 2.24) is 15.1 Å². The average Bonchev–Trinajstić information content (AvgIpc) is 3.59. The minimum Gasteiger partial charge on any atom is -0.504 e. The van der Waals surface area contributed by atoms with Gasteiger partial charge in [0.05, 0.1) is 25.3 Å². The van der Waals surface area contributed by atoms with Crippen molar-refractivity contribution < 1.29 is 33.6 Å². The fourth-order valence-electron chi connectivity index (χ4n) is 8.51. The molecule has 0 radical (unpaired) electrons. The monoisotopic (exact) mass is 686 g/mol. The summed E-state index contributed by atoms with van der Waals surface area (Å²) >= 11 is 5.93. The number of methoxy groups -OCH3 is 1. The number of rotatable bonds is 8. The summed E-state index contributed by atoms with van der Waals surface area (Å²) in [5, 5.41) is 25.7. The standard InChI is InChI=1S/C37H39ClN4O7/c1-19-12-22-13-24-26(16-39)42-25(32(41(24)3)30(22)33(45)34(19)46-4)14-23-31(27(42)17-40-28(43)11-10-21-8-6-5-7-9-21)37-36(47-18-48-37)20(2)35(23)49-29(44)15-38/h5-9,12,24-27,32,45H,10-11,13-15,17-18H2,1-4H3,(H,40,43)/t24?,25?,26-,27-,32?/m0/s1. The number of esters is 1. The lowest BCUT2D eigenvalue weighted by Gasteiger charge is -2.60. The molecule has 0 saturated carbocycles. The van der Waals surface area contributed by atoms with E-state index < -0.39 is 18.1 Å². The molecule has 1 saturated heterocycles. The topological polar surface area (TPSA) is 134 Å². The average molecular weight is 687 g/mol. The smallest absolute Gasteiger partial charge is 0.326 e. The first kappa shape index (κ1) is 33.0. The van der Waals surface area contributed by atoms with Gasteiger partial charge in [-0.15, -0.1) is 11.6 Å². The van der Waals surface area contributed by atoms with Crippen molar-refractivity contribution in [2.75, 3.05) is 33.4 Å². The van der Waals surface area contributed by atoms with Crippen molar-refractivity contribution in [3.8, 4) is 34.8 Å². The van der Waals surface area contributed by atoms with E-state index >= 15 is 0 Å². The molecular weight excluding hydrogens is 648 g/mol. The molecule has 0 spiro atoms. The van der Waals surface area contributed by atoms with Gasteiger partial charge in [0, 0.05) is 47.3 Å². The van der Waals surface area contributed by atoms with Crippen LogP contribution in [0.4, 0.5) is 0 Å². The van der Waals surface area contributed by atoms with Gasteiger partial charge in [-0.05, 0) is 56.8 Å². The van der Waals surface area contributed by atoms with Crippen molar-refractivity contribution in [3.63, 3.8) is 0 Å². The van der Waals surface area contributed by atoms with E-state index in [1.165, 1.54) is 0 Å². The minimum atomic E-state index is -0.615. The van der Waals surface area contributed by atoms with E-state index in [-0.39, 0.29) is 55.4 Å². The Hall–Kier alpha value is -4.50. The number of benzene rings is 3. The summed E-state index contributed by atoms with van der Waals surface area (Å²) in [6, 6.07) is 12.4. The normalized spacial score (nSPS) is 23.5. The number of carbonyl (C=O) groups is 2. The van der Waals surface area contributed by atoms with Crippen LogP contribution in [0.15, 0.2) is 36.4 Å². The number of alkyl halides is 1. The van der Waals surface area contributed by atoms with Crippen molar-refractivity contribution in [3.05, 3.63) is 75.3 Å². The quantitative estimate of drug-likeness (QED) is 0.199. The molecular formula is C37H39ClN4O7. The second kappa shape index (κ2) is 13.1. The Morgan fingerprint density at radius 1 is 1.10 bits per heavy atom. The van der Waals surface area contributed by atoms with E-state index in [1.54, 1.807) is 7.11 Å². The number of hydrogen-bond acceptors (Lipinski definition) is 10. The molecule has 3 aromatic carbocycles. The molecule has 7 rings (SSSR count). The van der Waals surface area contributed by atoms with Crippen molar-refractivity contribution >= 4 is 23.5 Å². The van der Waals surface area contributed by atoms with Crippen LogP contribution in [0.1, 0.15) is 57.4 Å². The maximum atomic E-state index is 13.4. The van der Waals surface area contributed by atoms with Gasteiger partial charge in [-0.1, -0.05) is 36.4 Å². The lowest BCUT2D eigenvalue weighted by atomic mass is 9.71. The summed E-state index contributed by atoms with van der Waals surface area (Å²) in [4.78, 5) is 30.5. The summed E-state index contributed by atoms with van der Waals surface area (Å²) in [7, 11) is 3.53. The third-order valence-corrected chi connectivity index (χ3v) is 10.8. The van der Waals surface area contributed by atoms with E-state index in [0.29, 0.717) is 53.4 Å². The van der Waals surface area contributed by atoms with E-state index in [9.17, 15) is 20.0 Å². The number of phenolic OH excluding ortho intramolecular Hbond substituents is 1. The van der Waals surface area contributed by atoms with Gasteiger partial charge in [0.15, 0.2) is 23.0 Å². The van der Waals surface area contributed by atoms with Crippen LogP contribution < -0.4 is 24.3 Å². The Balaban J connectivity index is 1.37. The van der Waals surface area contributed by atoms with Crippen molar-refractivity contribution in [2.45, 2.75) is 69.7 Å². The van der Waals surface area contributed by atoms with E-state index in [2.05, 4.69) is 21.2 Å². The number of ether oxygens (including phenoxy) is 4. The van der Waals surface area contributed by atoms with Crippen molar-refractivity contribution in [1.29, 1.82) is 5.26 Å². The number of aromatic hydroxyl groups is 1. The molecule has 0 aliphatic carbocycles. The van der Waals surface area contributed by atoms with Gasteiger partial charge in [-0.25, -0.2) is 0 Å². The van der Waals surface area contributed by atoms with Gasteiger partial charge >= 0.3 is 5.97 Å². The molecule has 2 bridgehead atoms. The zero-order chi connectivity index (χ0) is 34.6. The Morgan fingerprint density at radius 3 is 2.57 bits per heavy atom. The van der Waals surface area contributed by atoms with Crippen LogP contribution in [0.25, 0.3) is 0 Å². The molecule has 12 heteroatoms. The predicted octanol–water partition coefficient (Wildman–Crippen LogP) is 4.41. The molecule has 4 aliphatic rings. The Kier molecular flexibility index (Phi) is 8.82. The largest absolute Gasteiger partial charge is 0.504 e. The zero-order valence-corrected chi connectivity index (χ0v) is 28.7. The van der Waals surface area contributed by atoms with Gasteiger partial charge in [0.2, 0.25) is 12.7 Å². The van der Waals surface area contributed by atoms with Crippen LogP contribution in [0.3, 0.4) is 0 Å². The fraction of sp³-hybridized carbons (Fsp3) is 0.432. The molecule has 5 atom stereocenters. The zero-order valence-electron chi connectivity index (χ0n) is 27.9. The van der Waals surface area contributed by atoms with Crippen molar-refractivity contribution in [2.24, 2.45) is 0 Å². The number of halogens is 1. The van der Waals surface area contributed by atoms with Gasteiger partial charge in [-0.3, -0.25) is 19.4 Å². The Labute approximate surface area is 290 Å². The van der Waals surface area contributed by atoms with Crippen LogP contribution in [0.5, 0.6) is 28.7 Å². The second-order valence-corrected chi connectivity index (χ2v) is 13.4. The van der Waals surface area contributed by atoms with Crippen LogP contribution in [-0.2, 0) is 28.9 Å². The predicted molar refractivity (Wildman–Crippen MR) is 180 cm³/mol. The number of aryl methyl sites for hydroxylation is 2. The number of amides is 1. The molecule has 1 amide bonds. The number of nitriles is 1. The minimum absolute atomic E-state index is 0.0227. The van der Waals surface area contributed by atoms with Crippen LogP contribution >= 0.6 is 11.6 Å². The summed E-state index contributed by atoms with van der Waals surface area (Å²) in [6.45, 7) is 3.85. The number of likely N-dealkylation sites (N-methyl/N-ethyl adjacent to an activating group) is 1. The lowest BCUT2D eigenvalue weighted by Crippen LogP contribution is -2.68. The SMILES string of the molecule is COc1c(C)cc2c(c1O)C1C3Cc4c(OC(=O)CCl)c(C)c5c(c4[C@H](CNC(=O)CCc4ccccc4)N3[C@@H](C#N)C(C2)N1C)OCO5. The highest BCUT2D eigenvalue weighted by atomic mass is 35.5. The van der Waals surface area contributed by atoms with Crippen LogP contribution in [0.2, 0.25) is 0 Å². The molecule has 3 unspecified atom stereocenters. The summed E-state index contributed by atoms with van der Waals surface area (Å²) in [6.07, 6.45) is 1.76. The number of phenols is 1. The van der Waals surface area contributed by atoms with Gasteiger partial charge in [0.25, 0.3) is 0 Å². The van der Waals surface area contributed by atoms with Gasteiger partial charge in [0.1, 0.15) is 17.7 Å². The number of carbonyl (C=O) groups excluding carboxylic acids is 2. The third kappa shape index (κ3) is 5.43. The van der Waals surface area contributed by atoms with E-state index in [4.69, 9.17) is 30.5 Å². The van der Waals surface area contributed by atoms with Gasteiger partial charge in [-0.2, -0.15) is 5.26 Å². The maximum Gasteiger partial charge on any atom is 0.326 e. The molecule has 1 fully saturated rings. The maximum absolute atomic E-state index is 13.4. The van der Waals surface area contributed by atoms with Crippen LogP contribution in [-0.4, -0.2) is 78.3 Å². The number of piperazine rings is 1. The Morgan fingerprint density at radius 2 is 1.86 bits per heavy atom. The lowest BCUT2D eigenvalue weighted by molar-refractivity contribution is -0.131. The number of nitrogens with zero attached hydrogens (tertiary/aromatic N) is 3. The summed E-state index contributed by atoms with van der Waals surface area (Å²) < 4.78 is 23.6. The number of nitrogens with one attached hydrogen (secondary N) is 1. The molecule has 0 aromatic heterocycles. The number of hydrogen-bond donors (Lipinski definition) is 2. The van der Waals surface area contributed by atoms with E-state index in [0.717, 1.165) is 27.8 Å². The molecule has 4 aliphatic heterocycles. The molecule has 49 heavy (non-hydrogen) atoms. The van der Waals surface area contributed by atoms with Crippen LogP contribution in [0, 0.1) is 25.2 Å². The fourth-order valence-corrected chi connectivity index (χ4v) is 8.56. The second-order valence-electron chi connectivity index (χ2n) is 13.1. The summed E-state index contributed by atoms with van der Waals surface area (Å²) in [5.41, 5.74) is 5.63. The Bertz CT molecular complexity index is 1860. The first-order valence-electron chi connectivity index (χ1n) is 16.5. The van der Waals surface area contributed by atoms with Gasteiger partial charge < -0.3 is 29.4 Å². The number of fused-ring (bicyclic) bond motifs is 9. The molecule has 4 heterocycles. The molecule has 11 nitrogen and oxygen atoms in total. The third-order valence-electron chi connectivity index (χ3n) is 10.6. The molecule has 2 N–H and O–H groups in total. The first-order valence-corrected chi connectivity index (χ1v) is 17.0. The highest BCUT2D eigenvalue weighted by Crippen LogP contribution is 2.58.